The average Bonchev–Trinajstić information content (AvgIpc) is 2.58. The van der Waals surface area contributed by atoms with Gasteiger partial charge in [0, 0.05) is 6.20 Å². The minimum absolute atomic E-state index is 0.505. The van der Waals surface area contributed by atoms with Crippen LogP contribution in [0, 0.1) is 6.26 Å². The van der Waals surface area contributed by atoms with Crippen molar-refractivity contribution in [2.24, 2.45) is 0 Å². The van der Waals surface area contributed by atoms with Crippen LogP contribution in [-0.2, 0) is 0 Å². The first-order chi connectivity index (χ1) is 5.47. The summed E-state index contributed by atoms with van der Waals surface area (Å²) in [5.41, 5.74) is 0.730. The molecule has 0 spiro atoms. The van der Waals surface area contributed by atoms with Crippen molar-refractivity contribution in [1.29, 1.82) is 0 Å². The third-order valence-electron chi connectivity index (χ3n) is 1.27. The highest BCUT2D eigenvalue weighted by Crippen LogP contribution is 2.11. The lowest BCUT2D eigenvalue weighted by atomic mass is 10.3. The Labute approximate surface area is 63.7 Å². The largest absolute Gasteiger partial charge is 0.431 e. The minimum Gasteiger partial charge on any atom is -0.431 e. The zero-order valence-electron chi connectivity index (χ0n) is 5.69. The van der Waals surface area contributed by atoms with E-state index >= 15 is 0 Å². The van der Waals surface area contributed by atoms with Gasteiger partial charge in [-0.3, -0.25) is 4.98 Å². The van der Waals surface area contributed by atoms with Gasteiger partial charge in [-0.25, -0.2) is 4.98 Å². The molecule has 53 valence electrons. The highest BCUT2D eigenvalue weighted by molar-refractivity contribution is 5.44. The molecule has 0 aliphatic carbocycles. The maximum absolute atomic E-state index is 4.92. The highest BCUT2D eigenvalue weighted by Gasteiger charge is 2.00. The Bertz CT molecular complexity index is 315. The number of hydrogen-bond acceptors (Lipinski definition) is 3. The summed E-state index contributed by atoms with van der Waals surface area (Å²) >= 11 is 0. The molecule has 0 amide bonds. The van der Waals surface area contributed by atoms with E-state index in [4.69, 9.17) is 4.42 Å². The molecule has 0 aliphatic rings. The number of nitrogens with zero attached hydrogens (tertiary/aromatic N) is 2. The molecular weight excluding hydrogens is 140 g/mol. The van der Waals surface area contributed by atoms with Gasteiger partial charge in [0.2, 0.25) is 5.89 Å². The molecule has 0 unspecified atom stereocenters. The van der Waals surface area contributed by atoms with Gasteiger partial charge in [-0.2, -0.15) is 0 Å². The molecule has 0 bridgehead atoms. The molecule has 2 aromatic heterocycles. The molecule has 0 saturated carbocycles. The van der Waals surface area contributed by atoms with Crippen molar-refractivity contribution in [1.82, 2.24) is 9.97 Å². The Morgan fingerprint density at radius 1 is 1.27 bits per heavy atom. The summed E-state index contributed by atoms with van der Waals surface area (Å²) in [6, 6.07) is 5.56. The minimum atomic E-state index is 0.505. The van der Waals surface area contributed by atoms with Crippen LogP contribution in [0.3, 0.4) is 0 Å². The van der Waals surface area contributed by atoms with Crippen LogP contribution in [0.4, 0.5) is 0 Å². The van der Waals surface area contributed by atoms with E-state index in [2.05, 4.69) is 16.2 Å². The van der Waals surface area contributed by atoms with Crippen molar-refractivity contribution in [3.8, 4) is 11.6 Å². The average molecular weight is 145 g/mol. The van der Waals surface area contributed by atoms with Crippen molar-refractivity contribution < 1.29 is 4.42 Å². The normalized spacial score (nSPS) is 9.82. The van der Waals surface area contributed by atoms with Crippen molar-refractivity contribution in [3.63, 3.8) is 0 Å². The lowest BCUT2D eigenvalue weighted by Gasteiger charge is -1.89. The van der Waals surface area contributed by atoms with E-state index in [9.17, 15) is 0 Å². The lowest BCUT2D eigenvalue weighted by Crippen LogP contribution is -1.79. The Balaban J connectivity index is 2.46. The van der Waals surface area contributed by atoms with Gasteiger partial charge in [0.15, 0.2) is 6.26 Å². The van der Waals surface area contributed by atoms with Crippen LogP contribution in [0.5, 0.6) is 0 Å². The molecule has 0 atom stereocenters. The predicted molar refractivity (Wildman–Crippen MR) is 38.6 cm³/mol. The van der Waals surface area contributed by atoms with Gasteiger partial charge in [0.05, 0.1) is 6.20 Å². The van der Waals surface area contributed by atoms with Crippen LogP contribution >= 0.6 is 0 Å². The van der Waals surface area contributed by atoms with Gasteiger partial charge in [-0.1, -0.05) is 6.07 Å². The van der Waals surface area contributed by atoms with E-state index in [0.717, 1.165) is 5.69 Å². The molecule has 2 aromatic rings. The Kier molecular flexibility index (Phi) is 1.41. The Hall–Kier alpha value is -1.64. The molecular formula is C8H5N2O. The predicted octanol–water partition coefficient (Wildman–Crippen LogP) is 1.54. The van der Waals surface area contributed by atoms with Crippen LogP contribution in [0.2, 0.25) is 0 Å². The van der Waals surface area contributed by atoms with Crippen molar-refractivity contribution in [3.05, 3.63) is 36.9 Å². The molecule has 2 heterocycles. The Morgan fingerprint density at radius 2 is 2.27 bits per heavy atom. The monoisotopic (exact) mass is 145 g/mol. The highest BCUT2D eigenvalue weighted by atomic mass is 16.3. The molecule has 2 rings (SSSR count). The molecule has 0 aromatic carbocycles. The van der Waals surface area contributed by atoms with E-state index in [-0.39, 0.29) is 0 Å². The van der Waals surface area contributed by atoms with Crippen molar-refractivity contribution in [2.75, 3.05) is 0 Å². The zero-order valence-corrected chi connectivity index (χ0v) is 5.69. The topological polar surface area (TPSA) is 38.9 Å². The zero-order chi connectivity index (χ0) is 7.52. The molecule has 11 heavy (non-hydrogen) atoms. The van der Waals surface area contributed by atoms with E-state index in [0.29, 0.717) is 5.89 Å². The van der Waals surface area contributed by atoms with E-state index < -0.39 is 0 Å². The van der Waals surface area contributed by atoms with Gasteiger partial charge in [-0.05, 0) is 12.1 Å². The maximum atomic E-state index is 4.92. The second kappa shape index (κ2) is 2.54. The molecule has 1 radical (unpaired) electrons. The van der Waals surface area contributed by atoms with E-state index in [1.165, 1.54) is 6.20 Å². The van der Waals surface area contributed by atoms with Gasteiger partial charge in [0.25, 0.3) is 0 Å². The summed E-state index contributed by atoms with van der Waals surface area (Å²) in [4.78, 5) is 7.95. The number of rotatable bonds is 1. The standard InChI is InChI=1S/C8H5N2O/c1-2-4-9-7(3-1)8-10-5-6-11-8/h1-5H. The second-order valence-electron chi connectivity index (χ2n) is 2.00. The van der Waals surface area contributed by atoms with Crippen LogP contribution in [0.15, 0.2) is 35.0 Å². The van der Waals surface area contributed by atoms with Crippen molar-refractivity contribution >= 4 is 0 Å². The summed E-state index contributed by atoms with van der Waals surface area (Å²) in [5, 5.41) is 0. The third kappa shape index (κ3) is 1.12. The summed E-state index contributed by atoms with van der Waals surface area (Å²) < 4.78 is 4.92. The SMILES string of the molecule is [c]1cnc(-c2ccccn2)o1. The van der Waals surface area contributed by atoms with E-state index in [1.54, 1.807) is 6.20 Å². The second-order valence-corrected chi connectivity index (χ2v) is 2.00. The third-order valence-corrected chi connectivity index (χ3v) is 1.27. The van der Waals surface area contributed by atoms with Gasteiger partial charge in [-0.15, -0.1) is 0 Å². The first-order valence-electron chi connectivity index (χ1n) is 3.20. The molecule has 0 aliphatic heterocycles. The summed E-state index contributed by atoms with van der Waals surface area (Å²) in [6.45, 7) is 0. The molecule has 0 fully saturated rings. The smallest absolute Gasteiger partial charge is 0.245 e. The molecule has 3 heteroatoms. The fourth-order valence-corrected chi connectivity index (χ4v) is 0.801. The van der Waals surface area contributed by atoms with Gasteiger partial charge >= 0.3 is 0 Å². The van der Waals surface area contributed by atoms with Crippen LogP contribution in [0.1, 0.15) is 0 Å². The molecule has 3 nitrogen and oxygen atoms in total. The number of aromatic nitrogens is 2. The quantitative estimate of drug-likeness (QED) is 0.610. The molecule has 0 saturated heterocycles. The summed E-state index contributed by atoms with van der Waals surface area (Å²) in [7, 11) is 0. The van der Waals surface area contributed by atoms with Crippen LogP contribution < -0.4 is 0 Å². The maximum Gasteiger partial charge on any atom is 0.245 e. The van der Waals surface area contributed by atoms with Gasteiger partial charge in [0.1, 0.15) is 5.69 Å². The van der Waals surface area contributed by atoms with Crippen LogP contribution in [0.25, 0.3) is 11.6 Å². The lowest BCUT2D eigenvalue weighted by molar-refractivity contribution is 0.563. The van der Waals surface area contributed by atoms with Crippen molar-refractivity contribution in [2.45, 2.75) is 0 Å². The van der Waals surface area contributed by atoms with Gasteiger partial charge < -0.3 is 4.42 Å². The summed E-state index contributed by atoms with van der Waals surface area (Å²) in [6.07, 6.45) is 5.67. The van der Waals surface area contributed by atoms with Crippen LogP contribution in [-0.4, -0.2) is 9.97 Å². The first kappa shape index (κ1) is 6.09. The summed E-state index contributed by atoms with van der Waals surface area (Å²) in [5.74, 6) is 0.505. The molecule has 0 N–H and O–H groups in total. The fraction of sp³-hybridized carbons (Fsp3) is 0. The fourth-order valence-electron chi connectivity index (χ4n) is 0.801. The number of oxazole rings is 1. The number of pyridine rings is 1. The Morgan fingerprint density at radius 3 is 2.91 bits per heavy atom. The first-order valence-corrected chi connectivity index (χ1v) is 3.20. The van der Waals surface area contributed by atoms with E-state index in [1.807, 2.05) is 18.2 Å². The number of hydrogen-bond donors (Lipinski definition) is 0.